The molecule has 1 aromatic carbocycles. The molecule has 0 aromatic heterocycles. The van der Waals surface area contributed by atoms with Crippen LogP contribution in [-0.2, 0) is 22.9 Å². The zero-order chi connectivity index (χ0) is 14.9. The second-order valence-electron chi connectivity index (χ2n) is 6.42. The summed E-state index contributed by atoms with van der Waals surface area (Å²) in [5.41, 5.74) is 3.01. The van der Waals surface area contributed by atoms with Gasteiger partial charge in [0.2, 0.25) is 10.0 Å². The van der Waals surface area contributed by atoms with Gasteiger partial charge in [0.15, 0.2) is 0 Å². The Hall–Kier alpha value is -0.910. The molecule has 0 spiro atoms. The predicted molar refractivity (Wildman–Crippen MR) is 84.7 cm³/mol. The normalized spacial score (nSPS) is 28.1. The Kier molecular flexibility index (Phi) is 4.33. The maximum absolute atomic E-state index is 11.1. The summed E-state index contributed by atoms with van der Waals surface area (Å²) in [5.74, 6) is 1.38. The molecule has 3 rings (SSSR count). The fraction of sp³-hybridized carbons (Fsp3) is 0.625. The van der Waals surface area contributed by atoms with Gasteiger partial charge in [-0.15, -0.1) is 0 Å². The minimum atomic E-state index is -3.08. The number of sulfonamides is 1. The smallest absolute Gasteiger partial charge is 0.208 e. The van der Waals surface area contributed by atoms with Crippen LogP contribution in [0, 0.1) is 11.8 Å². The molecule has 2 bridgehead atoms. The molecule has 2 atom stereocenters. The lowest BCUT2D eigenvalue weighted by atomic mass is 9.94. The first-order chi connectivity index (χ1) is 10.0. The summed E-state index contributed by atoms with van der Waals surface area (Å²) in [7, 11) is -3.08. The minimum absolute atomic E-state index is 0.474. The molecule has 2 aliphatic rings. The van der Waals surface area contributed by atoms with Gasteiger partial charge in [0.05, 0.1) is 6.26 Å². The van der Waals surface area contributed by atoms with Crippen LogP contribution in [0.3, 0.4) is 0 Å². The van der Waals surface area contributed by atoms with Crippen molar-refractivity contribution < 1.29 is 8.42 Å². The minimum Gasteiger partial charge on any atom is -0.312 e. The average Bonchev–Trinajstić information content (AvgIpc) is 2.68. The number of benzene rings is 1. The van der Waals surface area contributed by atoms with Gasteiger partial charge in [-0.1, -0.05) is 24.3 Å². The van der Waals surface area contributed by atoms with Crippen LogP contribution in [0.25, 0.3) is 0 Å². The maximum atomic E-state index is 11.1. The van der Waals surface area contributed by atoms with Crippen molar-refractivity contribution in [3.05, 3.63) is 35.4 Å². The number of hydrogen-bond acceptors (Lipinski definition) is 3. The molecule has 116 valence electrons. The van der Waals surface area contributed by atoms with Gasteiger partial charge in [0, 0.05) is 19.1 Å². The summed E-state index contributed by atoms with van der Waals surface area (Å²) in [6.45, 7) is 1.18. The molecule has 0 aliphatic heterocycles. The van der Waals surface area contributed by atoms with E-state index < -0.39 is 10.0 Å². The third-order valence-corrected chi connectivity index (χ3v) is 5.60. The Labute approximate surface area is 127 Å². The van der Waals surface area contributed by atoms with E-state index in [-0.39, 0.29) is 0 Å². The maximum Gasteiger partial charge on any atom is 0.208 e. The molecular formula is C16H24N2O2S. The zero-order valence-corrected chi connectivity index (χ0v) is 13.3. The number of rotatable bonds is 5. The van der Waals surface area contributed by atoms with Crippen molar-refractivity contribution in [1.29, 1.82) is 0 Å². The summed E-state index contributed by atoms with van der Waals surface area (Å²) < 4.78 is 24.7. The molecule has 0 amide bonds. The highest BCUT2D eigenvalue weighted by Gasteiger charge is 2.38. The van der Waals surface area contributed by atoms with Crippen LogP contribution in [0.2, 0.25) is 0 Å². The van der Waals surface area contributed by atoms with Crippen molar-refractivity contribution in [3.63, 3.8) is 0 Å². The fourth-order valence-electron chi connectivity index (χ4n) is 3.96. The predicted octanol–water partition coefficient (Wildman–Crippen LogP) is 1.32. The van der Waals surface area contributed by atoms with E-state index in [2.05, 4.69) is 34.3 Å². The van der Waals surface area contributed by atoms with E-state index in [0.717, 1.165) is 12.8 Å². The molecule has 1 aromatic rings. The van der Waals surface area contributed by atoms with Gasteiger partial charge in [-0.3, -0.25) is 0 Å². The first-order valence-corrected chi connectivity index (χ1v) is 9.67. The second kappa shape index (κ2) is 6.07. The first-order valence-electron chi connectivity index (χ1n) is 7.78. The van der Waals surface area contributed by atoms with Crippen molar-refractivity contribution in [2.45, 2.75) is 31.7 Å². The van der Waals surface area contributed by atoms with E-state index in [1.165, 1.54) is 30.2 Å². The van der Waals surface area contributed by atoms with E-state index >= 15 is 0 Å². The van der Waals surface area contributed by atoms with Crippen molar-refractivity contribution in [3.8, 4) is 0 Å². The van der Waals surface area contributed by atoms with Gasteiger partial charge in [-0.2, -0.15) is 0 Å². The van der Waals surface area contributed by atoms with Crippen LogP contribution in [0.15, 0.2) is 24.3 Å². The largest absolute Gasteiger partial charge is 0.312 e. The standard InChI is InChI=1S/C16H24N2O2S/c1-21(19,20)18-9-8-17-16-14-6-7-15(16)11-13-5-3-2-4-12(13)10-14/h2-5,14-18H,6-11H2,1H3. The highest BCUT2D eigenvalue weighted by Crippen LogP contribution is 2.39. The molecule has 0 radical (unpaired) electrons. The molecule has 21 heavy (non-hydrogen) atoms. The Morgan fingerprint density at radius 1 is 1.05 bits per heavy atom. The Bertz CT molecular complexity index is 567. The van der Waals surface area contributed by atoms with Crippen LogP contribution in [0.5, 0.6) is 0 Å². The highest BCUT2D eigenvalue weighted by molar-refractivity contribution is 7.88. The van der Waals surface area contributed by atoms with Gasteiger partial charge in [-0.25, -0.2) is 13.1 Å². The molecule has 1 fully saturated rings. The van der Waals surface area contributed by atoms with Crippen molar-refractivity contribution >= 4 is 10.0 Å². The Morgan fingerprint density at radius 3 is 2.14 bits per heavy atom. The number of hydrogen-bond donors (Lipinski definition) is 2. The summed E-state index contributed by atoms with van der Waals surface area (Å²) in [6.07, 6.45) is 6.10. The van der Waals surface area contributed by atoms with Gasteiger partial charge < -0.3 is 5.32 Å². The van der Waals surface area contributed by atoms with Crippen LogP contribution >= 0.6 is 0 Å². The van der Waals surface area contributed by atoms with E-state index in [4.69, 9.17) is 0 Å². The molecule has 0 saturated heterocycles. The molecule has 2 unspecified atom stereocenters. The van der Waals surface area contributed by atoms with E-state index in [1.54, 1.807) is 0 Å². The molecule has 1 saturated carbocycles. The second-order valence-corrected chi connectivity index (χ2v) is 8.25. The number of fused-ring (bicyclic) bond motifs is 3. The number of nitrogens with one attached hydrogen (secondary N) is 2. The van der Waals surface area contributed by atoms with E-state index in [0.29, 0.717) is 31.0 Å². The highest BCUT2D eigenvalue weighted by atomic mass is 32.2. The summed E-state index contributed by atoms with van der Waals surface area (Å²) in [5, 5.41) is 3.60. The lowest BCUT2D eigenvalue weighted by Crippen LogP contribution is -2.42. The lowest BCUT2D eigenvalue weighted by molar-refractivity contribution is 0.344. The van der Waals surface area contributed by atoms with E-state index in [1.807, 2.05) is 0 Å². The van der Waals surface area contributed by atoms with Crippen molar-refractivity contribution in [1.82, 2.24) is 10.0 Å². The van der Waals surface area contributed by atoms with Crippen LogP contribution in [0.1, 0.15) is 24.0 Å². The van der Waals surface area contributed by atoms with Crippen LogP contribution in [-0.4, -0.2) is 33.8 Å². The molecule has 2 aliphatic carbocycles. The van der Waals surface area contributed by atoms with Gasteiger partial charge in [-0.05, 0) is 48.6 Å². The van der Waals surface area contributed by atoms with Crippen LogP contribution in [0.4, 0.5) is 0 Å². The summed E-state index contributed by atoms with van der Waals surface area (Å²) >= 11 is 0. The third-order valence-electron chi connectivity index (χ3n) is 4.88. The Balaban J connectivity index is 1.61. The van der Waals surface area contributed by atoms with Gasteiger partial charge in [0.25, 0.3) is 0 Å². The fourth-order valence-corrected chi connectivity index (χ4v) is 4.43. The quantitative estimate of drug-likeness (QED) is 0.807. The monoisotopic (exact) mass is 308 g/mol. The summed E-state index contributed by atoms with van der Waals surface area (Å²) in [4.78, 5) is 0. The lowest BCUT2D eigenvalue weighted by Gasteiger charge is -2.23. The summed E-state index contributed by atoms with van der Waals surface area (Å²) in [6, 6.07) is 9.32. The SMILES string of the molecule is CS(=O)(=O)NCCNC1C2CCC1Cc1ccccc1C2. The van der Waals surface area contributed by atoms with Crippen molar-refractivity contribution in [2.24, 2.45) is 11.8 Å². The van der Waals surface area contributed by atoms with Gasteiger partial charge >= 0.3 is 0 Å². The molecule has 5 heteroatoms. The van der Waals surface area contributed by atoms with Crippen LogP contribution < -0.4 is 10.0 Å². The third kappa shape index (κ3) is 3.65. The Morgan fingerprint density at radius 2 is 1.62 bits per heavy atom. The first kappa shape index (κ1) is 15.0. The van der Waals surface area contributed by atoms with Crippen molar-refractivity contribution in [2.75, 3.05) is 19.3 Å². The topological polar surface area (TPSA) is 58.2 Å². The molecular weight excluding hydrogens is 284 g/mol. The van der Waals surface area contributed by atoms with E-state index in [9.17, 15) is 8.42 Å². The molecule has 4 nitrogen and oxygen atoms in total. The van der Waals surface area contributed by atoms with Gasteiger partial charge in [0.1, 0.15) is 0 Å². The average molecular weight is 308 g/mol. The molecule has 0 heterocycles. The zero-order valence-electron chi connectivity index (χ0n) is 12.5. The molecule has 2 N–H and O–H groups in total.